The molecule has 0 radical (unpaired) electrons. The molecule has 160 valence electrons. The van der Waals surface area contributed by atoms with E-state index in [0.717, 1.165) is 22.2 Å². The van der Waals surface area contributed by atoms with Crippen molar-refractivity contribution in [1.82, 2.24) is 9.97 Å². The van der Waals surface area contributed by atoms with Crippen LogP contribution >= 0.6 is 0 Å². The second-order valence-electron chi connectivity index (χ2n) is 7.62. The molecule has 0 aliphatic heterocycles. The number of aryl methyl sites for hydroxylation is 2. The van der Waals surface area contributed by atoms with Crippen LogP contribution in [0.3, 0.4) is 0 Å². The fourth-order valence-corrected chi connectivity index (χ4v) is 3.45. The predicted molar refractivity (Wildman–Crippen MR) is 127 cm³/mol. The molecule has 1 N–H and O–H groups in total. The molecule has 0 atom stereocenters. The molecular formula is C27H25N3O2. The monoisotopic (exact) mass is 423 g/mol. The number of allylic oxidation sites excluding steroid dienone is 1. The van der Waals surface area contributed by atoms with Gasteiger partial charge in [-0.2, -0.15) is 5.26 Å². The average Bonchev–Trinajstić information content (AvgIpc) is 3.20. The fourth-order valence-electron chi connectivity index (χ4n) is 3.45. The lowest BCUT2D eigenvalue weighted by atomic mass is 10.1. The number of imidazole rings is 1. The number of benzene rings is 3. The summed E-state index contributed by atoms with van der Waals surface area (Å²) in [4.78, 5) is 7.89. The summed E-state index contributed by atoms with van der Waals surface area (Å²) in [5, 5.41) is 9.78. The number of fused-ring (bicyclic) bond motifs is 1. The van der Waals surface area contributed by atoms with Crippen LogP contribution in [0.4, 0.5) is 0 Å². The molecule has 0 fully saturated rings. The Morgan fingerprint density at radius 1 is 1.00 bits per heavy atom. The van der Waals surface area contributed by atoms with Crippen molar-refractivity contribution < 1.29 is 9.47 Å². The molecule has 3 aromatic carbocycles. The summed E-state index contributed by atoms with van der Waals surface area (Å²) in [6.07, 6.45) is 1.81. The van der Waals surface area contributed by atoms with E-state index in [0.29, 0.717) is 36.1 Å². The minimum absolute atomic E-state index is 0.455. The zero-order valence-corrected chi connectivity index (χ0v) is 18.5. The Hall–Kier alpha value is -4.04. The average molecular weight is 424 g/mol. The Morgan fingerprint density at radius 2 is 1.78 bits per heavy atom. The smallest absolute Gasteiger partial charge is 0.161 e. The van der Waals surface area contributed by atoms with Gasteiger partial charge in [0.25, 0.3) is 0 Å². The quantitative estimate of drug-likeness (QED) is 0.358. The van der Waals surface area contributed by atoms with Gasteiger partial charge in [0, 0.05) is 0 Å². The first-order valence-corrected chi connectivity index (χ1v) is 10.6. The van der Waals surface area contributed by atoms with Crippen LogP contribution in [0.2, 0.25) is 0 Å². The van der Waals surface area contributed by atoms with E-state index < -0.39 is 0 Å². The molecule has 0 bridgehead atoms. The van der Waals surface area contributed by atoms with Crippen LogP contribution in [0.5, 0.6) is 11.5 Å². The molecule has 1 heterocycles. The second-order valence-corrected chi connectivity index (χ2v) is 7.62. The normalized spacial score (nSPS) is 11.4. The highest BCUT2D eigenvalue weighted by Gasteiger charge is 2.11. The van der Waals surface area contributed by atoms with E-state index in [2.05, 4.69) is 36.0 Å². The van der Waals surface area contributed by atoms with E-state index in [1.165, 1.54) is 11.1 Å². The van der Waals surface area contributed by atoms with Crippen molar-refractivity contribution in [3.63, 3.8) is 0 Å². The SMILES string of the molecule is CCOc1cc(/C=C(\C#N)c2nc3cc(C)c(C)cc3[nH]2)ccc1OCc1ccccc1. The lowest BCUT2D eigenvalue weighted by molar-refractivity contribution is 0.269. The molecular weight excluding hydrogens is 398 g/mol. The number of H-pyrrole nitrogens is 1. The molecule has 32 heavy (non-hydrogen) atoms. The molecule has 0 saturated heterocycles. The van der Waals surface area contributed by atoms with Crippen molar-refractivity contribution in [2.45, 2.75) is 27.4 Å². The number of ether oxygens (including phenoxy) is 2. The number of aromatic nitrogens is 2. The summed E-state index contributed by atoms with van der Waals surface area (Å²) in [6.45, 7) is 7.02. The summed E-state index contributed by atoms with van der Waals surface area (Å²) in [6, 6.07) is 22.0. The van der Waals surface area contributed by atoms with E-state index in [-0.39, 0.29) is 0 Å². The lowest BCUT2D eigenvalue weighted by Crippen LogP contribution is -2.00. The van der Waals surface area contributed by atoms with Gasteiger partial charge in [-0.05, 0) is 73.4 Å². The summed E-state index contributed by atoms with van der Waals surface area (Å²) in [5.41, 5.74) is 6.50. The van der Waals surface area contributed by atoms with Crippen LogP contribution < -0.4 is 9.47 Å². The number of hydrogen-bond donors (Lipinski definition) is 1. The van der Waals surface area contributed by atoms with Crippen molar-refractivity contribution in [1.29, 1.82) is 5.26 Å². The first-order chi connectivity index (χ1) is 15.6. The maximum Gasteiger partial charge on any atom is 0.161 e. The molecule has 5 heteroatoms. The Kier molecular flexibility index (Phi) is 6.23. The molecule has 0 aliphatic rings. The van der Waals surface area contributed by atoms with Crippen LogP contribution in [-0.2, 0) is 6.61 Å². The maximum absolute atomic E-state index is 9.78. The molecule has 0 spiro atoms. The Balaban J connectivity index is 1.63. The van der Waals surface area contributed by atoms with Gasteiger partial charge in [-0.25, -0.2) is 4.98 Å². The Labute approximate surface area is 188 Å². The number of nitrogens with zero attached hydrogens (tertiary/aromatic N) is 2. The third-order valence-electron chi connectivity index (χ3n) is 5.29. The highest BCUT2D eigenvalue weighted by atomic mass is 16.5. The van der Waals surface area contributed by atoms with Crippen LogP contribution in [0.1, 0.15) is 35.0 Å². The van der Waals surface area contributed by atoms with Gasteiger partial charge < -0.3 is 14.5 Å². The number of nitriles is 1. The zero-order chi connectivity index (χ0) is 22.5. The van der Waals surface area contributed by atoms with Gasteiger partial charge in [0.05, 0.1) is 23.2 Å². The molecule has 0 aliphatic carbocycles. The van der Waals surface area contributed by atoms with Gasteiger partial charge in [0.15, 0.2) is 11.5 Å². The molecule has 0 saturated carbocycles. The van der Waals surface area contributed by atoms with Gasteiger partial charge in [0.1, 0.15) is 18.5 Å². The Morgan fingerprint density at radius 3 is 2.53 bits per heavy atom. The van der Waals surface area contributed by atoms with Gasteiger partial charge in [0.2, 0.25) is 0 Å². The van der Waals surface area contributed by atoms with Gasteiger partial charge in [-0.1, -0.05) is 36.4 Å². The molecule has 5 nitrogen and oxygen atoms in total. The predicted octanol–water partition coefficient (Wildman–Crippen LogP) is 6.22. The molecule has 4 aromatic rings. The van der Waals surface area contributed by atoms with Crippen LogP contribution in [0.25, 0.3) is 22.7 Å². The summed E-state index contributed by atoms with van der Waals surface area (Å²) in [7, 11) is 0. The number of hydrogen-bond acceptors (Lipinski definition) is 4. The highest BCUT2D eigenvalue weighted by molar-refractivity contribution is 5.90. The fraction of sp³-hybridized carbons (Fsp3) is 0.185. The summed E-state index contributed by atoms with van der Waals surface area (Å²) >= 11 is 0. The minimum atomic E-state index is 0.455. The van der Waals surface area contributed by atoms with E-state index in [1.807, 2.05) is 61.5 Å². The largest absolute Gasteiger partial charge is 0.490 e. The van der Waals surface area contributed by atoms with Crippen LogP contribution in [-0.4, -0.2) is 16.6 Å². The third kappa shape index (κ3) is 4.65. The van der Waals surface area contributed by atoms with Crippen molar-refractivity contribution >= 4 is 22.7 Å². The van der Waals surface area contributed by atoms with Gasteiger partial charge in [-0.15, -0.1) is 0 Å². The lowest BCUT2D eigenvalue weighted by Gasteiger charge is -2.13. The summed E-state index contributed by atoms with van der Waals surface area (Å²) < 4.78 is 11.8. The zero-order valence-electron chi connectivity index (χ0n) is 18.5. The van der Waals surface area contributed by atoms with Gasteiger partial charge >= 0.3 is 0 Å². The van der Waals surface area contributed by atoms with Crippen molar-refractivity contribution in [2.75, 3.05) is 6.61 Å². The number of nitrogens with one attached hydrogen (secondary N) is 1. The van der Waals surface area contributed by atoms with Crippen molar-refractivity contribution in [3.05, 3.63) is 88.7 Å². The molecule has 0 unspecified atom stereocenters. The minimum Gasteiger partial charge on any atom is -0.490 e. The number of aromatic amines is 1. The standard InChI is InChI=1S/C27H25N3O2/c1-4-31-26-15-21(10-11-25(26)32-17-20-8-6-5-7-9-20)14-22(16-28)27-29-23-12-18(2)19(3)13-24(23)30-27/h5-15H,4,17H2,1-3H3,(H,29,30)/b22-14+. The van der Waals surface area contributed by atoms with E-state index in [1.54, 1.807) is 6.08 Å². The van der Waals surface area contributed by atoms with Crippen molar-refractivity contribution in [2.24, 2.45) is 0 Å². The van der Waals surface area contributed by atoms with E-state index in [4.69, 9.17) is 9.47 Å². The molecule has 0 amide bonds. The third-order valence-corrected chi connectivity index (χ3v) is 5.29. The van der Waals surface area contributed by atoms with Crippen LogP contribution in [0, 0.1) is 25.2 Å². The second kappa shape index (κ2) is 9.40. The van der Waals surface area contributed by atoms with E-state index in [9.17, 15) is 5.26 Å². The van der Waals surface area contributed by atoms with Crippen molar-refractivity contribution in [3.8, 4) is 17.6 Å². The van der Waals surface area contributed by atoms with Gasteiger partial charge in [-0.3, -0.25) is 0 Å². The topological polar surface area (TPSA) is 70.9 Å². The Bertz CT molecular complexity index is 1280. The highest BCUT2D eigenvalue weighted by Crippen LogP contribution is 2.31. The van der Waals surface area contributed by atoms with Crippen LogP contribution in [0.15, 0.2) is 60.7 Å². The molecule has 1 aromatic heterocycles. The molecule has 4 rings (SSSR count). The first kappa shape index (κ1) is 21.2. The summed E-state index contributed by atoms with van der Waals surface area (Å²) in [5.74, 6) is 1.86. The van der Waals surface area contributed by atoms with E-state index >= 15 is 0 Å². The maximum atomic E-state index is 9.78. The first-order valence-electron chi connectivity index (χ1n) is 10.6. The number of rotatable bonds is 7.